The number of hydrogen-bond donors (Lipinski definition) is 2. The smallest absolute Gasteiger partial charge is 0.153 e. The first-order chi connectivity index (χ1) is 5.40. The van der Waals surface area contributed by atoms with Crippen LogP contribution in [0.5, 0.6) is 0 Å². The van der Waals surface area contributed by atoms with Crippen molar-refractivity contribution in [1.29, 1.82) is 0 Å². The molecule has 5 heteroatoms. The van der Waals surface area contributed by atoms with Crippen LogP contribution in [0.25, 0.3) is 0 Å². The number of sulfone groups is 1. The standard InChI is InChI=1S/C7H15NO3S/c1-6(4-8)7(9)2-3-12(10,11)5-7/h6,9H,2-5,8H2,1H3. The molecule has 72 valence electrons. The first-order valence-corrected chi connectivity index (χ1v) is 5.85. The van der Waals surface area contributed by atoms with Gasteiger partial charge in [-0.3, -0.25) is 0 Å². The van der Waals surface area contributed by atoms with Gasteiger partial charge in [0.15, 0.2) is 9.84 Å². The molecule has 2 atom stereocenters. The van der Waals surface area contributed by atoms with Gasteiger partial charge in [-0.05, 0) is 18.9 Å². The van der Waals surface area contributed by atoms with E-state index in [9.17, 15) is 13.5 Å². The highest BCUT2D eigenvalue weighted by atomic mass is 32.2. The summed E-state index contributed by atoms with van der Waals surface area (Å²) in [7, 11) is -3.01. The molecule has 12 heavy (non-hydrogen) atoms. The molecular formula is C7H15NO3S. The molecular weight excluding hydrogens is 178 g/mol. The fraction of sp³-hybridized carbons (Fsp3) is 1.00. The van der Waals surface area contributed by atoms with E-state index in [0.29, 0.717) is 13.0 Å². The third-order valence-electron chi connectivity index (χ3n) is 2.59. The van der Waals surface area contributed by atoms with Crippen LogP contribution in [0.2, 0.25) is 0 Å². The van der Waals surface area contributed by atoms with Crippen molar-refractivity contribution in [3.63, 3.8) is 0 Å². The molecule has 0 radical (unpaired) electrons. The van der Waals surface area contributed by atoms with Gasteiger partial charge in [0, 0.05) is 0 Å². The molecule has 1 rings (SSSR count). The third kappa shape index (κ3) is 1.78. The maximum Gasteiger partial charge on any atom is 0.153 e. The molecule has 0 amide bonds. The lowest BCUT2D eigenvalue weighted by Crippen LogP contribution is -2.41. The van der Waals surface area contributed by atoms with Crippen LogP contribution in [0.15, 0.2) is 0 Å². The van der Waals surface area contributed by atoms with Gasteiger partial charge in [0.2, 0.25) is 0 Å². The van der Waals surface area contributed by atoms with E-state index in [1.54, 1.807) is 6.92 Å². The Morgan fingerprint density at radius 1 is 1.67 bits per heavy atom. The van der Waals surface area contributed by atoms with E-state index in [1.807, 2.05) is 0 Å². The first kappa shape index (κ1) is 9.95. The fourth-order valence-electron chi connectivity index (χ4n) is 1.47. The van der Waals surface area contributed by atoms with Gasteiger partial charge in [0.25, 0.3) is 0 Å². The molecule has 4 nitrogen and oxygen atoms in total. The fourth-order valence-corrected chi connectivity index (χ4v) is 3.46. The average Bonchev–Trinajstić information content (AvgIpc) is 2.25. The van der Waals surface area contributed by atoms with Gasteiger partial charge in [-0.1, -0.05) is 6.92 Å². The minimum atomic E-state index is -3.01. The summed E-state index contributed by atoms with van der Waals surface area (Å²) in [5.41, 5.74) is 4.30. The summed E-state index contributed by atoms with van der Waals surface area (Å²) in [5, 5.41) is 9.84. The second-order valence-electron chi connectivity index (χ2n) is 3.58. The summed E-state index contributed by atoms with van der Waals surface area (Å²) in [4.78, 5) is 0. The van der Waals surface area contributed by atoms with Gasteiger partial charge >= 0.3 is 0 Å². The Bertz CT molecular complexity index is 262. The number of aliphatic hydroxyl groups is 1. The highest BCUT2D eigenvalue weighted by Crippen LogP contribution is 2.29. The quantitative estimate of drug-likeness (QED) is 0.597. The molecule has 0 bridgehead atoms. The van der Waals surface area contributed by atoms with Crippen molar-refractivity contribution in [2.75, 3.05) is 18.1 Å². The third-order valence-corrected chi connectivity index (χ3v) is 4.35. The minimum Gasteiger partial charge on any atom is -0.388 e. The second-order valence-corrected chi connectivity index (χ2v) is 5.77. The molecule has 0 aromatic carbocycles. The predicted octanol–water partition coefficient (Wildman–Crippen LogP) is -0.869. The van der Waals surface area contributed by atoms with E-state index in [1.165, 1.54) is 0 Å². The van der Waals surface area contributed by atoms with Crippen LogP contribution in [0.1, 0.15) is 13.3 Å². The van der Waals surface area contributed by atoms with Crippen molar-refractivity contribution in [3.8, 4) is 0 Å². The van der Waals surface area contributed by atoms with Gasteiger partial charge < -0.3 is 10.8 Å². The molecule has 1 fully saturated rings. The molecule has 1 heterocycles. The summed E-state index contributed by atoms with van der Waals surface area (Å²) in [5.74, 6) is -0.179. The van der Waals surface area contributed by atoms with Crippen molar-refractivity contribution in [3.05, 3.63) is 0 Å². The first-order valence-electron chi connectivity index (χ1n) is 4.02. The molecule has 0 aromatic heterocycles. The molecule has 0 aromatic rings. The lowest BCUT2D eigenvalue weighted by atomic mass is 9.89. The lowest BCUT2D eigenvalue weighted by molar-refractivity contribution is 0.0172. The van der Waals surface area contributed by atoms with Crippen LogP contribution in [0.4, 0.5) is 0 Å². The Kier molecular flexibility index (Phi) is 2.47. The molecule has 1 aliphatic heterocycles. The molecule has 0 saturated carbocycles. The van der Waals surface area contributed by atoms with Crippen molar-refractivity contribution in [2.45, 2.75) is 18.9 Å². The van der Waals surface area contributed by atoms with Crippen LogP contribution in [0, 0.1) is 5.92 Å². The van der Waals surface area contributed by atoms with Gasteiger partial charge in [-0.2, -0.15) is 0 Å². The Morgan fingerprint density at radius 3 is 2.58 bits per heavy atom. The van der Waals surface area contributed by atoms with Crippen molar-refractivity contribution in [1.82, 2.24) is 0 Å². The van der Waals surface area contributed by atoms with Crippen LogP contribution in [-0.2, 0) is 9.84 Å². The van der Waals surface area contributed by atoms with Crippen LogP contribution in [0.3, 0.4) is 0 Å². The lowest BCUT2D eigenvalue weighted by Gasteiger charge is -2.27. The van der Waals surface area contributed by atoms with Crippen LogP contribution in [-0.4, -0.2) is 37.2 Å². The molecule has 1 aliphatic rings. The Balaban J connectivity index is 2.77. The van der Waals surface area contributed by atoms with E-state index >= 15 is 0 Å². The van der Waals surface area contributed by atoms with E-state index < -0.39 is 15.4 Å². The zero-order chi connectivity index (χ0) is 9.41. The van der Waals surface area contributed by atoms with Gasteiger partial charge in [0.1, 0.15) is 0 Å². The largest absolute Gasteiger partial charge is 0.388 e. The topological polar surface area (TPSA) is 80.4 Å². The Labute approximate surface area is 72.7 Å². The summed E-state index contributed by atoms with van der Waals surface area (Å²) >= 11 is 0. The minimum absolute atomic E-state index is 0.0911. The summed E-state index contributed by atoms with van der Waals surface area (Å²) < 4.78 is 22.1. The zero-order valence-corrected chi connectivity index (χ0v) is 7.97. The van der Waals surface area contributed by atoms with E-state index in [4.69, 9.17) is 5.73 Å². The van der Waals surface area contributed by atoms with E-state index in [2.05, 4.69) is 0 Å². The second kappa shape index (κ2) is 2.97. The Hall–Kier alpha value is -0.130. The highest BCUT2D eigenvalue weighted by Gasteiger charge is 2.43. The number of nitrogens with two attached hydrogens (primary N) is 1. The van der Waals surface area contributed by atoms with Crippen LogP contribution >= 0.6 is 0 Å². The summed E-state index contributed by atoms with van der Waals surface area (Å²) in [6, 6.07) is 0. The molecule has 3 N–H and O–H groups in total. The molecule has 2 unspecified atom stereocenters. The Morgan fingerprint density at radius 2 is 2.25 bits per heavy atom. The zero-order valence-electron chi connectivity index (χ0n) is 7.16. The SMILES string of the molecule is CC(CN)C1(O)CCS(=O)(=O)C1. The summed E-state index contributed by atoms with van der Waals surface area (Å²) in [6.45, 7) is 2.10. The van der Waals surface area contributed by atoms with Crippen molar-refractivity contribution >= 4 is 9.84 Å². The monoisotopic (exact) mass is 193 g/mol. The average molecular weight is 193 g/mol. The van der Waals surface area contributed by atoms with E-state index in [-0.39, 0.29) is 17.4 Å². The normalized spacial score (nSPS) is 36.6. The molecule has 0 spiro atoms. The molecule has 0 aliphatic carbocycles. The van der Waals surface area contributed by atoms with Crippen molar-refractivity contribution < 1.29 is 13.5 Å². The summed E-state index contributed by atoms with van der Waals surface area (Å²) in [6.07, 6.45) is 0.327. The predicted molar refractivity (Wildman–Crippen MR) is 46.4 cm³/mol. The van der Waals surface area contributed by atoms with Gasteiger partial charge in [-0.25, -0.2) is 8.42 Å². The maximum absolute atomic E-state index is 11.1. The maximum atomic E-state index is 11.1. The number of rotatable bonds is 2. The van der Waals surface area contributed by atoms with Crippen molar-refractivity contribution in [2.24, 2.45) is 11.7 Å². The highest BCUT2D eigenvalue weighted by molar-refractivity contribution is 7.91. The molecule has 1 saturated heterocycles. The van der Waals surface area contributed by atoms with E-state index in [0.717, 1.165) is 0 Å². The van der Waals surface area contributed by atoms with Gasteiger partial charge in [0.05, 0.1) is 17.1 Å². The van der Waals surface area contributed by atoms with Gasteiger partial charge in [-0.15, -0.1) is 0 Å². The number of hydrogen-bond acceptors (Lipinski definition) is 4. The van der Waals surface area contributed by atoms with Crippen LogP contribution < -0.4 is 5.73 Å².